The van der Waals surface area contributed by atoms with Crippen LogP contribution in [0.15, 0.2) is 115 Å². The van der Waals surface area contributed by atoms with Crippen LogP contribution in [-0.2, 0) is 25.6 Å². The molecule has 4 rings (SSSR count). The van der Waals surface area contributed by atoms with Gasteiger partial charge in [-0.2, -0.15) is 0 Å². The van der Waals surface area contributed by atoms with Gasteiger partial charge in [0.2, 0.25) is 0 Å². The van der Waals surface area contributed by atoms with Gasteiger partial charge in [-0.15, -0.1) is 5.01 Å². The van der Waals surface area contributed by atoms with Crippen LogP contribution in [0, 0.1) is 0 Å². The number of carbonyl (C=O) groups excluding carboxylic acids is 5. The van der Waals surface area contributed by atoms with Crippen molar-refractivity contribution in [1.82, 2.24) is 10.0 Å². The summed E-state index contributed by atoms with van der Waals surface area (Å²) in [7, 11) is 0. The maximum Gasteiger partial charge on any atom is 0.440 e. The second-order valence-corrected chi connectivity index (χ2v) is 11.3. The molecule has 0 aromatic heterocycles. The molecule has 46 heavy (non-hydrogen) atoms. The minimum Gasteiger partial charge on any atom is -0.455 e. The van der Waals surface area contributed by atoms with Crippen molar-refractivity contribution < 1.29 is 38.2 Å². The van der Waals surface area contributed by atoms with Crippen molar-refractivity contribution in [3.05, 3.63) is 143 Å². The number of hydrogen-bond acceptors (Lipinski definition) is 8. The van der Waals surface area contributed by atoms with Crippen LogP contribution in [0.25, 0.3) is 0 Å². The lowest BCUT2D eigenvalue weighted by atomic mass is 10.1. The molecule has 0 saturated heterocycles. The Bertz CT molecular complexity index is 1670. The van der Waals surface area contributed by atoms with Crippen molar-refractivity contribution in [2.24, 2.45) is 0 Å². The van der Waals surface area contributed by atoms with E-state index in [0.717, 1.165) is 5.01 Å². The molecule has 11 heteroatoms. The fourth-order valence-electron chi connectivity index (χ4n) is 4.17. The maximum atomic E-state index is 14.0. The molecule has 4 aromatic rings. The minimum absolute atomic E-state index is 0.0269. The molecular formula is C35H31ClN2O8. The summed E-state index contributed by atoms with van der Waals surface area (Å²) in [5.74, 6) is -3.93. The molecule has 0 bridgehead atoms. The van der Waals surface area contributed by atoms with Crippen LogP contribution in [0.1, 0.15) is 57.4 Å². The Morgan fingerprint density at radius 2 is 1.15 bits per heavy atom. The van der Waals surface area contributed by atoms with Gasteiger partial charge in [-0.25, -0.2) is 19.4 Å². The van der Waals surface area contributed by atoms with Gasteiger partial charge in [-0.3, -0.25) is 9.59 Å². The number of imide groups is 1. The Balaban J connectivity index is 1.72. The van der Waals surface area contributed by atoms with E-state index in [-0.39, 0.29) is 23.3 Å². The number of halogens is 1. The number of carbonyl (C=O) groups is 5. The van der Waals surface area contributed by atoms with E-state index < -0.39 is 41.7 Å². The number of nitrogens with zero attached hydrogens (tertiary/aromatic N) is 2. The first-order chi connectivity index (χ1) is 22.0. The largest absolute Gasteiger partial charge is 0.455 e. The van der Waals surface area contributed by atoms with Crippen molar-refractivity contribution in [1.29, 1.82) is 0 Å². The quantitative estimate of drug-likeness (QED) is 0.118. The lowest BCUT2D eigenvalue weighted by molar-refractivity contribution is -0.178. The second-order valence-electron chi connectivity index (χ2n) is 10.9. The Morgan fingerprint density at radius 3 is 1.70 bits per heavy atom. The molecule has 0 fully saturated rings. The second kappa shape index (κ2) is 15.0. The predicted molar refractivity (Wildman–Crippen MR) is 168 cm³/mol. The van der Waals surface area contributed by atoms with E-state index in [9.17, 15) is 24.0 Å². The predicted octanol–water partition coefficient (Wildman–Crippen LogP) is 6.70. The molecule has 0 aliphatic rings. The zero-order chi connectivity index (χ0) is 33.3. The van der Waals surface area contributed by atoms with E-state index in [1.54, 1.807) is 87.5 Å². The van der Waals surface area contributed by atoms with Crippen LogP contribution >= 0.6 is 11.6 Å². The molecule has 1 unspecified atom stereocenters. The van der Waals surface area contributed by atoms with Crippen molar-refractivity contribution in [2.75, 3.05) is 0 Å². The normalized spacial score (nSPS) is 11.5. The molecule has 0 radical (unpaired) electrons. The zero-order valence-corrected chi connectivity index (χ0v) is 26.0. The summed E-state index contributed by atoms with van der Waals surface area (Å²) in [5.41, 5.74) is -0.390. The first-order valence-corrected chi connectivity index (χ1v) is 14.5. The summed E-state index contributed by atoms with van der Waals surface area (Å²) in [4.78, 5) is 68.2. The van der Waals surface area contributed by atoms with Crippen molar-refractivity contribution in [2.45, 2.75) is 39.2 Å². The number of ether oxygens (including phenoxy) is 3. The highest BCUT2D eigenvalue weighted by Crippen LogP contribution is 2.25. The van der Waals surface area contributed by atoms with Crippen LogP contribution in [0.5, 0.6) is 0 Å². The summed E-state index contributed by atoms with van der Waals surface area (Å²) < 4.78 is 16.0. The van der Waals surface area contributed by atoms with Crippen LogP contribution in [0.3, 0.4) is 0 Å². The molecule has 0 saturated carbocycles. The van der Waals surface area contributed by atoms with E-state index in [4.69, 9.17) is 25.8 Å². The molecule has 1 atom stereocenters. The van der Waals surface area contributed by atoms with Gasteiger partial charge < -0.3 is 14.2 Å². The van der Waals surface area contributed by atoms with Gasteiger partial charge in [-0.05, 0) is 74.9 Å². The Kier molecular flexibility index (Phi) is 10.9. The monoisotopic (exact) mass is 642 g/mol. The van der Waals surface area contributed by atoms with E-state index in [0.29, 0.717) is 15.6 Å². The van der Waals surface area contributed by atoms with Crippen molar-refractivity contribution in [3.8, 4) is 0 Å². The molecular weight excluding hydrogens is 612 g/mol. The zero-order valence-electron chi connectivity index (χ0n) is 25.3. The number of hydrazine groups is 1. The van der Waals surface area contributed by atoms with Gasteiger partial charge >= 0.3 is 24.3 Å². The van der Waals surface area contributed by atoms with Gasteiger partial charge in [0.1, 0.15) is 6.61 Å². The van der Waals surface area contributed by atoms with Gasteiger partial charge in [0.15, 0.2) is 0 Å². The van der Waals surface area contributed by atoms with Crippen LogP contribution < -0.4 is 0 Å². The first-order valence-electron chi connectivity index (χ1n) is 14.1. The number of benzene rings is 4. The van der Waals surface area contributed by atoms with Crippen molar-refractivity contribution >= 4 is 41.4 Å². The fraction of sp³-hybridized carbons (Fsp3) is 0.171. The van der Waals surface area contributed by atoms with E-state index in [1.807, 2.05) is 0 Å². The highest BCUT2D eigenvalue weighted by Gasteiger charge is 2.43. The Hall–Kier alpha value is -5.48. The summed E-state index contributed by atoms with van der Waals surface area (Å²) in [6, 6.07) is 29.9. The Labute approximate surface area is 271 Å². The minimum atomic E-state index is -2.25. The smallest absolute Gasteiger partial charge is 0.440 e. The summed E-state index contributed by atoms with van der Waals surface area (Å²) >= 11 is 6.02. The van der Waals surface area contributed by atoms with Crippen LogP contribution in [0.4, 0.5) is 4.79 Å². The lowest BCUT2D eigenvalue weighted by Gasteiger charge is -2.41. The third kappa shape index (κ3) is 8.58. The van der Waals surface area contributed by atoms with Gasteiger partial charge in [0.25, 0.3) is 11.8 Å². The highest BCUT2D eigenvalue weighted by molar-refractivity contribution is 6.30. The fourth-order valence-corrected chi connectivity index (χ4v) is 4.29. The number of rotatable bonds is 8. The van der Waals surface area contributed by atoms with E-state index >= 15 is 0 Å². The number of amides is 3. The SMILES string of the molecule is CC(C)(C)N(C(=O)c1ccccc1)N(C(=O)OC(OC(=O)c1ccccc1)C(=O)OCc1ccccc1)C(=O)c1ccc(Cl)cc1. The average molecular weight is 643 g/mol. The van der Waals surface area contributed by atoms with Gasteiger partial charge in [0, 0.05) is 16.1 Å². The van der Waals surface area contributed by atoms with Crippen LogP contribution in [-0.4, -0.2) is 51.7 Å². The number of esters is 2. The lowest BCUT2D eigenvalue weighted by Crippen LogP contribution is -2.61. The summed E-state index contributed by atoms with van der Waals surface area (Å²) in [5, 5.41) is 1.70. The number of hydrogen-bond donors (Lipinski definition) is 0. The highest BCUT2D eigenvalue weighted by atomic mass is 35.5. The van der Waals surface area contributed by atoms with Crippen LogP contribution in [0.2, 0.25) is 5.02 Å². The molecule has 0 aliphatic heterocycles. The average Bonchev–Trinajstić information content (AvgIpc) is 3.06. The molecule has 4 aromatic carbocycles. The van der Waals surface area contributed by atoms with E-state index in [1.165, 1.54) is 48.5 Å². The molecule has 0 spiro atoms. The molecule has 236 valence electrons. The standard InChI is InChI=1S/C35H31ClN2O8/c1-35(2,3)38(30(40)25-15-9-5-10-16-25)37(29(39)26-19-21-28(36)22-20-26)34(43)46-33(45-31(41)27-17-11-6-12-18-27)32(42)44-23-24-13-7-4-8-14-24/h4-22,33H,23H2,1-3H3. The third-order valence-electron chi connectivity index (χ3n) is 6.35. The molecule has 0 heterocycles. The molecule has 3 amide bonds. The van der Waals surface area contributed by atoms with Gasteiger partial charge in [-0.1, -0.05) is 78.3 Å². The van der Waals surface area contributed by atoms with E-state index in [2.05, 4.69) is 0 Å². The molecule has 0 aliphatic carbocycles. The van der Waals surface area contributed by atoms with Gasteiger partial charge in [0.05, 0.1) is 11.1 Å². The van der Waals surface area contributed by atoms with Crippen molar-refractivity contribution in [3.63, 3.8) is 0 Å². The maximum absolute atomic E-state index is 14.0. The first kappa shape index (κ1) is 33.4. The Morgan fingerprint density at radius 1 is 0.652 bits per heavy atom. The summed E-state index contributed by atoms with van der Waals surface area (Å²) in [6.07, 6.45) is -3.74. The third-order valence-corrected chi connectivity index (χ3v) is 6.60. The summed E-state index contributed by atoms with van der Waals surface area (Å²) in [6.45, 7) is 4.57. The topological polar surface area (TPSA) is 120 Å². The molecule has 10 nitrogen and oxygen atoms in total. The molecule has 0 N–H and O–H groups in total.